The molecule has 0 radical (unpaired) electrons. The average Bonchev–Trinajstić information content (AvgIpc) is 3.15. The number of aromatic amines is 1. The van der Waals surface area contributed by atoms with Crippen molar-refractivity contribution in [3.05, 3.63) is 41.7 Å². The van der Waals surface area contributed by atoms with Crippen LogP contribution in [0, 0.1) is 6.92 Å². The molecule has 22 heavy (non-hydrogen) atoms. The molecule has 1 aromatic carbocycles. The molecule has 0 aliphatic heterocycles. The van der Waals surface area contributed by atoms with E-state index in [1.165, 1.54) is 23.1 Å². The molecule has 0 unspecified atom stereocenters. The number of benzene rings is 1. The molecule has 2 N–H and O–H groups in total. The van der Waals surface area contributed by atoms with Crippen LogP contribution in [0.4, 0.5) is 5.13 Å². The maximum atomic E-state index is 11.9. The molecular weight excluding hydrogens is 320 g/mol. The van der Waals surface area contributed by atoms with Gasteiger partial charge in [-0.1, -0.05) is 29.5 Å². The van der Waals surface area contributed by atoms with Crippen LogP contribution in [0.2, 0.25) is 0 Å². The van der Waals surface area contributed by atoms with Gasteiger partial charge in [0.1, 0.15) is 5.01 Å². The predicted octanol–water partition coefficient (Wildman–Crippen LogP) is 1.58. The molecule has 0 saturated heterocycles. The van der Waals surface area contributed by atoms with E-state index >= 15 is 0 Å². The molecule has 2 aromatic heterocycles. The van der Waals surface area contributed by atoms with Crippen LogP contribution in [-0.2, 0) is 4.79 Å². The summed E-state index contributed by atoms with van der Waals surface area (Å²) in [6.07, 6.45) is 1.60. The van der Waals surface area contributed by atoms with E-state index in [2.05, 4.69) is 25.6 Å². The summed E-state index contributed by atoms with van der Waals surface area (Å²) in [7, 11) is 0. The molecule has 0 bridgehead atoms. The number of carbonyl (C=O) groups is 1. The number of H-pyrrole nitrogens is 1. The summed E-state index contributed by atoms with van der Waals surface area (Å²) in [5, 5.41) is 15.5. The number of nitrogens with one attached hydrogen (secondary N) is 2. The lowest BCUT2D eigenvalue weighted by atomic mass is 10.3. The first-order chi connectivity index (χ1) is 10.7. The highest BCUT2D eigenvalue weighted by Gasteiger charge is 2.18. The van der Waals surface area contributed by atoms with Gasteiger partial charge in [0.2, 0.25) is 17.4 Å². The van der Waals surface area contributed by atoms with Gasteiger partial charge >= 0.3 is 5.16 Å². The van der Waals surface area contributed by atoms with Crippen LogP contribution in [0.25, 0.3) is 5.69 Å². The molecular formula is C13H13N6OS2+. The Morgan fingerprint density at radius 3 is 2.91 bits per heavy atom. The molecule has 0 saturated carbocycles. The Kier molecular flexibility index (Phi) is 4.45. The van der Waals surface area contributed by atoms with Crippen molar-refractivity contribution in [1.82, 2.24) is 20.3 Å². The fraction of sp³-hybridized carbons (Fsp3) is 0.154. The number of hydrogen-bond acceptors (Lipinski definition) is 6. The van der Waals surface area contributed by atoms with Gasteiger partial charge in [0.15, 0.2) is 5.69 Å². The zero-order chi connectivity index (χ0) is 15.4. The van der Waals surface area contributed by atoms with Crippen molar-refractivity contribution in [2.75, 3.05) is 11.1 Å². The minimum Gasteiger partial charge on any atom is -0.300 e. The number of thioether (sulfide) groups is 1. The van der Waals surface area contributed by atoms with Gasteiger partial charge in [0, 0.05) is 0 Å². The summed E-state index contributed by atoms with van der Waals surface area (Å²) >= 11 is 2.70. The van der Waals surface area contributed by atoms with Gasteiger partial charge in [-0.05, 0) is 35.8 Å². The molecule has 9 heteroatoms. The van der Waals surface area contributed by atoms with E-state index in [1.54, 1.807) is 6.33 Å². The van der Waals surface area contributed by atoms with Gasteiger partial charge in [-0.25, -0.2) is 0 Å². The van der Waals surface area contributed by atoms with Gasteiger partial charge in [-0.15, -0.1) is 14.9 Å². The molecule has 0 aliphatic carbocycles. The fourth-order valence-electron chi connectivity index (χ4n) is 1.75. The van der Waals surface area contributed by atoms with Gasteiger partial charge in [0.25, 0.3) is 0 Å². The molecule has 1 amide bonds. The Labute approximate surface area is 134 Å². The van der Waals surface area contributed by atoms with Crippen LogP contribution < -0.4 is 10.00 Å². The molecule has 3 aromatic rings. The van der Waals surface area contributed by atoms with Crippen LogP contribution >= 0.6 is 23.1 Å². The van der Waals surface area contributed by atoms with E-state index in [4.69, 9.17) is 0 Å². The number of hydrogen-bond donors (Lipinski definition) is 2. The Morgan fingerprint density at radius 1 is 1.36 bits per heavy atom. The lowest BCUT2D eigenvalue weighted by Gasteiger charge is -1.99. The van der Waals surface area contributed by atoms with E-state index < -0.39 is 0 Å². The number of amides is 1. The SMILES string of the molecule is Cc1nnc(NC(=O)CSc2nc[nH][n+]2-c2ccccc2)s1. The maximum Gasteiger partial charge on any atom is 0.385 e. The summed E-state index contributed by atoms with van der Waals surface area (Å²) in [5.41, 5.74) is 0.961. The number of anilines is 1. The zero-order valence-corrected chi connectivity index (χ0v) is 13.3. The maximum absolute atomic E-state index is 11.9. The highest BCUT2D eigenvalue weighted by molar-refractivity contribution is 7.99. The normalized spacial score (nSPS) is 10.6. The Balaban J connectivity index is 1.63. The predicted molar refractivity (Wildman–Crippen MR) is 84.1 cm³/mol. The largest absolute Gasteiger partial charge is 0.385 e. The smallest absolute Gasteiger partial charge is 0.300 e. The van der Waals surface area contributed by atoms with Crippen LogP contribution in [0.15, 0.2) is 41.8 Å². The van der Waals surface area contributed by atoms with Crippen LogP contribution in [0.3, 0.4) is 0 Å². The molecule has 7 nitrogen and oxygen atoms in total. The van der Waals surface area contributed by atoms with E-state index in [0.29, 0.717) is 5.13 Å². The fourth-order valence-corrected chi connectivity index (χ4v) is 3.11. The van der Waals surface area contributed by atoms with Gasteiger partial charge in [0.05, 0.1) is 5.75 Å². The lowest BCUT2D eigenvalue weighted by molar-refractivity contribution is -0.694. The van der Waals surface area contributed by atoms with E-state index in [1.807, 2.05) is 41.9 Å². The third kappa shape index (κ3) is 3.49. The minimum atomic E-state index is -0.135. The number of aromatic nitrogens is 5. The number of carbonyl (C=O) groups excluding carboxylic acids is 1. The first-order valence-corrected chi connectivity index (χ1v) is 8.26. The second-order valence-corrected chi connectivity index (χ2v) is 6.43. The summed E-state index contributed by atoms with van der Waals surface area (Å²) in [4.78, 5) is 16.2. The highest BCUT2D eigenvalue weighted by Crippen LogP contribution is 2.16. The van der Waals surface area contributed by atoms with Crippen LogP contribution in [0.5, 0.6) is 0 Å². The highest BCUT2D eigenvalue weighted by atomic mass is 32.2. The summed E-state index contributed by atoms with van der Waals surface area (Å²) < 4.78 is 1.83. The summed E-state index contributed by atoms with van der Waals surface area (Å²) in [6, 6.07) is 9.77. The Morgan fingerprint density at radius 2 is 2.18 bits per heavy atom. The van der Waals surface area contributed by atoms with Crippen LogP contribution in [-0.4, -0.2) is 31.9 Å². The minimum absolute atomic E-state index is 0.135. The third-order valence-electron chi connectivity index (χ3n) is 2.67. The monoisotopic (exact) mass is 333 g/mol. The van der Waals surface area contributed by atoms with E-state index in [0.717, 1.165) is 15.9 Å². The number of aryl methyl sites for hydroxylation is 1. The molecule has 0 atom stereocenters. The lowest BCUT2D eigenvalue weighted by Crippen LogP contribution is -2.35. The average molecular weight is 333 g/mol. The van der Waals surface area contributed by atoms with E-state index in [9.17, 15) is 4.79 Å². The zero-order valence-electron chi connectivity index (χ0n) is 11.7. The second-order valence-electron chi connectivity index (χ2n) is 4.30. The number of nitrogens with zero attached hydrogens (tertiary/aromatic N) is 4. The number of rotatable bonds is 5. The van der Waals surface area contributed by atoms with Crippen molar-refractivity contribution in [3.8, 4) is 5.69 Å². The quantitative estimate of drug-likeness (QED) is 0.547. The Bertz CT molecular complexity index is 770. The molecule has 0 spiro atoms. The van der Waals surface area contributed by atoms with Crippen molar-refractivity contribution in [1.29, 1.82) is 0 Å². The van der Waals surface area contributed by atoms with Gasteiger partial charge in [-0.2, -0.15) is 5.10 Å². The summed E-state index contributed by atoms with van der Waals surface area (Å²) in [6.45, 7) is 1.84. The van der Waals surface area contributed by atoms with Crippen molar-refractivity contribution < 1.29 is 9.48 Å². The Hall–Kier alpha value is -2.26. The second kappa shape index (κ2) is 6.67. The van der Waals surface area contributed by atoms with Crippen molar-refractivity contribution >= 4 is 34.1 Å². The summed E-state index contributed by atoms with van der Waals surface area (Å²) in [5.74, 6) is 0.111. The van der Waals surface area contributed by atoms with Crippen molar-refractivity contribution in [3.63, 3.8) is 0 Å². The van der Waals surface area contributed by atoms with Gasteiger partial charge in [-0.3, -0.25) is 10.1 Å². The molecule has 0 aliphatic rings. The number of para-hydroxylation sites is 1. The third-order valence-corrected chi connectivity index (χ3v) is 4.38. The topological polar surface area (TPSA) is 87.4 Å². The van der Waals surface area contributed by atoms with Crippen molar-refractivity contribution in [2.24, 2.45) is 0 Å². The first kappa shape index (κ1) is 14.7. The molecule has 0 fully saturated rings. The van der Waals surface area contributed by atoms with Crippen molar-refractivity contribution in [2.45, 2.75) is 12.1 Å². The standard InChI is InChI=1S/C13H12N6OS2/c1-9-17-18-12(22-9)16-11(20)7-21-13-14-8-15-19(13)10-5-3-2-4-6-10/h2-6,8H,7H2,1H3,(H,16,18,20)/p+1. The van der Waals surface area contributed by atoms with Crippen LogP contribution in [0.1, 0.15) is 5.01 Å². The molecule has 2 heterocycles. The molecule has 3 rings (SSSR count). The first-order valence-electron chi connectivity index (χ1n) is 6.46. The van der Waals surface area contributed by atoms with E-state index in [-0.39, 0.29) is 11.7 Å². The van der Waals surface area contributed by atoms with Gasteiger partial charge < -0.3 is 0 Å². The molecule has 112 valence electrons.